The lowest BCUT2D eigenvalue weighted by atomic mass is 9.95. The number of thioether (sulfide) groups is 2. The zero-order valence-corrected chi connectivity index (χ0v) is 91.3. The van der Waals surface area contributed by atoms with Gasteiger partial charge in [0.15, 0.2) is 0 Å². The van der Waals surface area contributed by atoms with E-state index in [0.717, 1.165) is 131 Å². The number of carbonyl (C=O) groups is 2. The van der Waals surface area contributed by atoms with E-state index in [1.807, 2.05) is 123 Å². The Bertz CT molecular complexity index is 5070. The second kappa shape index (κ2) is 54.3. The molecule has 0 bridgehead atoms. The fourth-order valence-electron chi connectivity index (χ4n) is 18.5. The molecule has 12 heterocycles. The van der Waals surface area contributed by atoms with Gasteiger partial charge in [-0.1, -0.05) is 348 Å². The molecule has 1 aromatic carbocycles. The van der Waals surface area contributed by atoms with Gasteiger partial charge in [0.05, 0.1) is 40.0 Å². The Kier molecular flexibility index (Phi) is 43.1. The Morgan fingerprint density at radius 3 is 0.946 bits per heavy atom. The van der Waals surface area contributed by atoms with Crippen LogP contribution >= 0.6 is 161 Å². The third kappa shape index (κ3) is 28.1. The van der Waals surface area contributed by atoms with E-state index in [0.29, 0.717) is 33.6 Å². The lowest BCUT2D eigenvalue weighted by Gasteiger charge is -2.13. The van der Waals surface area contributed by atoms with Crippen LogP contribution in [0.1, 0.15) is 381 Å². The van der Waals surface area contributed by atoms with E-state index in [1.165, 1.54) is 353 Å². The molecule has 130 heavy (non-hydrogen) atoms. The molecule has 702 valence electrons. The van der Waals surface area contributed by atoms with E-state index in [-0.39, 0.29) is 11.8 Å². The molecule has 11 aromatic rings. The molecule has 13 rings (SSSR count). The van der Waals surface area contributed by atoms with E-state index >= 15 is 0 Å². The van der Waals surface area contributed by atoms with Crippen LogP contribution in [0, 0.1) is 11.8 Å². The van der Waals surface area contributed by atoms with Gasteiger partial charge in [-0.05, 0) is 196 Å². The van der Waals surface area contributed by atoms with Crippen LogP contribution in [0.25, 0.3) is 112 Å². The molecular weight excluding hydrogens is 1860 g/mol. The Morgan fingerprint density at radius 2 is 0.615 bits per heavy atom. The fourth-order valence-corrected chi connectivity index (χ4v) is 33.4. The number of aromatic nitrogens is 2. The zero-order valence-electron chi connectivity index (χ0n) is 79.9. The highest BCUT2D eigenvalue weighted by molar-refractivity contribution is 8.27. The number of amides is 2. The molecule has 0 saturated carbocycles. The number of aryl methyl sites for hydroxylation is 4. The van der Waals surface area contributed by atoms with E-state index in [9.17, 15) is 9.59 Å². The van der Waals surface area contributed by atoms with Gasteiger partial charge in [0.1, 0.15) is 18.7 Å². The van der Waals surface area contributed by atoms with Crippen LogP contribution in [0.5, 0.6) is 0 Å². The molecule has 2 aliphatic heterocycles. The fraction of sp³-hybridized carbons (Fsp3) is 0.564. The minimum Gasteiger partial charge on any atom is -0.293 e. The number of fused-ring (bicyclic) bond motifs is 2. The van der Waals surface area contributed by atoms with Crippen LogP contribution < -0.4 is 0 Å². The number of hydrogen-bond donors (Lipinski definition) is 0. The maximum atomic E-state index is 14.2. The number of unbranched alkanes of at least 4 members (excludes halogenated alkanes) is 30. The van der Waals surface area contributed by atoms with Crippen molar-refractivity contribution in [1.29, 1.82) is 0 Å². The van der Waals surface area contributed by atoms with Crippen LogP contribution in [0.15, 0.2) is 82.6 Å². The van der Waals surface area contributed by atoms with Crippen molar-refractivity contribution in [2.24, 2.45) is 11.8 Å². The Morgan fingerprint density at radius 1 is 0.315 bits per heavy atom. The zero-order chi connectivity index (χ0) is 91.1. The van der Waals surface area contributed by atoms with Crippen LogP contribution in [0.4, 0.5) is 0 Å². The number of thiazole rings is 2. The monoisotopic (exact) mass is 2000 g/mol. The molecule has 2 unspecified atom stereocenters. The predicted octanol–water partition coefficient (Wildman–Crippen LogP) is 40.2. The van der Waals surface area contributed by atoms with Crippen molar-refractivity contribution in [3.63, 3.8) is 0 Å². The van der Waals surface area contributed by atoms with Gasteiger partial charge in [-0.25, -0.2) is 9.97 Å². The van der Waals surface area contributed by atoms with Crippen molar-refractivity contribution in [2.75, 3.05) is 13.1 Å². The van der Waals surface area contributed by atoms with Gasteiger partial charge in [0.25, 0.3) is 11.8 Å². The first-order chi connectivity index (χ1) is 63.7. The normalized spacial score (nSPS) is 14.5. The van der Waals surface area contributed by atoms with Crippen LogP contribution in [0.2, 0.25) is 0 Å². The lowest BCUT2D eigenvalue weighted by Crippen LogP contribution is -2.28. The largest absolute Gasteiger partial charge is 0.293 e. The third-order valence-electron chi connectivity index (χ3n) is 26.3. The number of benzene rings is 1. The quantitative estimate of drug-likeness (QED) is 0.0212. The molecule has 20 heteroatoms. The topological polar surface area (TPSA) is 66.4 Å². The molecule has 2 aliphatic rings. The number of nitrogens with zero attached hydrogens (tertiary/aromatic N) is 4. The van der Waals surface area contributed by atoms with Crippen molar-refractivity contribution >= 4 is 214 Å². The van der Waals surface area contributed by atoms with Gasteiger partial charge >= 0.3 is 0 Å². The summed E-state index contributed by atoms with van der Waals surface area (Å²) < 4.78 is 3.90. The summed E-state index contributed by atoms with van der Waals surface area (Å²) in [6, 6.07) is 29.5. The SMILES string of the molecule is CCCCCCCCc1cc(/C=C2\SC(=S)N(CCCCCCC)C2=O)sc1-c1ccc(-c2sc(-c3nc4c(-c5ccc(CC(CC)CCCC)s5)c5sc(-c6cc(CCCCCCCC)c(-c7ccc(-c8sc(/C=C9\SC(=S)N(CCCCCCC)C9=O)cc8CCCCCCCC)s7)s6)nc5c(-c5ccc(CC(CC)CCCC)s5)c4s3)cc2CCCCCCCC)s1. The molecule has 0 spiro atoms. The summed E-state index contributed by atoms with van der Waals surface area (Å²) >= 11 is 34.3. The van der Waals surface area contributed by atoms with Gasteiger partial charge in [0, 0.05) is 92.5 Å². The summed E-state index contributed by atoms with van der Waals surface area (Å²) in [6.45, 7) is 24.7. The summed E-state index contributed by atoms with van der Waals surface area (Å²) in [5.41, 5.74) is 10.4. The van der Waals surface area contributed by atoms with Gasteiger partial charge in [0.2, 0.25) is 0 Å². The summed E-state index contributed by atoms with van der Waals surface area (Å²) in [7, 11) is 0. The highest BCUT2D eigenvalue weighted by Gasteiger charge is 2.35. The maximum absolute atomic E-state index is 14.2. The number of hydrogen-bond acceptors (Lipinski definition) is 18. The second-order valence-electron chi connectivity index (χ2n) is 36.7. The number of carbonyl (C=O) groups excluding carboxylic acids is 2. The average Bonchev–Trinajstić information content (AvgIpc) is 1.55. The summed E-state index contributed by atoms with van der Waals surface area (Å²) in [5.74, 6) is 1.44. The van der Waals surface area contributed by atoms with Crippen LogP contribution in [-0.2, 0) is 48.1 Å². The Hall–Kier alpha value is -4.10. The van der Waals surface area contributed by atoms with E-state index < -0.39 is 0 Å². The van der Waals surface area contributed by atoms with Crippen LogP contribution in [-0.4, -0.2) is 53.3 Å². The Balaban J connectivity index is 0.930. The van der Waals surface area contributed by atoms with Crippen molar-refractivity contribution in [3.8, 4) is 79.7 Å². The predicted molar refractivity (Wildman–Crippen MR) is 599 cm³/mol. The molecular formula is C110H146N4O2S14. The minimum absolute atomic E-state index is 0.0692. The summed E-state index contributed by atoms with van der Waals surface area (Å²) in [5, 5.41) is 2.21. The molecule has 2 amide bonds. The average molecular weight is 2010 g/mol. The number of rotatable bonds is 62. The Labute approximate surface area is 841 Å². The molecule has 0 N–H and O–H groups in total. The van der Waals surface area contributed by atoms with Crippen LogP contribution in [0.3, 0.4) is 0 Å². The lowest BCUT2D eigenvalue weighted by molar-refractivity contribution is -0.123. The first-order valence-electron chi connectivity index (χ1n) is 50.9. The van der Waals surface area contributed by atoms with Gasteiger partial charge < -0.3 is 0 Å². The van der Waals surface area contributed by atoms with Gasteiger partial charge in [-0.15, -0.1) is 113 Å². The second-order valence-corrected chi connectivity index (χ2v) is 50.9. The highest BCUT2D eigenvalue weighted by atomic mass is 32.2. The van der Waals surface area contributed by atoms with Crippen molar-refractivity contribution in [2.45, 2.75) is 377 Å². The van der Waals surface area contributed by atoms with E-state index in [4.69, 9.17) is 34.4 Å². The summed E-state index contributed by atoms with van der Waals surface area (Å²) in [6.07, 6.45) is 62.1. The smallest absolute Gasteiger partial charge is 0.266 e. The third-order valence-corrected chi connectivity index (χ3v) is 41.3. The van der Waals surface area contributed by atoms with Crippen molar-refractivity contribution in [1.82, 2.24) is 19.8 Å². The van der Waals surface area contributed by atoms with Crippen molar-refractivity contribution in [3.05, 3.63) is 124 Å². The van der Waals surface area contributed by atoms with Gasteiger partial charge in [-0.2, -0.15) is 0 Å². The molecule has 2 fully saturated rings. The van der Waals surface area contributed by atoms with E-state index in [1.54, 1.807) is 0 Å². The molecule has 0 aliphatic carbocycles. The maximum Gasteiger partial charge on any atom is 0.266 e. The van der Waals surface area contributed by atoms with E-state index in [2.05, 4.69) is 154 Å². The molecule has 10 aromatic heterocycles. The first-order valence-corrected chi connectivity index (χ1v) is 61.5. The molecule has 2 atom stereocenters. The molecule has 6 nitrogen and oxygen atoms in total. The summed E-state index contributed by atoms with van der Waals surface area (Å²) in [4.78, 5) is 67.1. The molecule has 2 saturated heterocycles. The number of thiophene rings is 8. The number of thiocarbonyl (C=S) groups is 2. The molecule has 0 radical (unpaired) electrons. The van der Waals surface area contributed by atoms with Crippen molar-refractivity contribution < 1.29 is 9.59 Å². The van der Waals surface area contributed by atoms with Gasteiger partial charge in [-0.3, -0.25) is 19.4 Å². The first kappa shape index (κ1) is 103. The minimum atomic E-state index is 0.0692. The standard InChI is InChI=1S/C110H146N4O2S14/c1-11-21-29-35-39-45-53-77-69-83(73-93-107(115)113(109(117)127-93)65-49-43-33-25-15-5)121-99(77)87-61-63-89(123-87)101-79(55-47-41-37-31-23-13-3)71-91(125-101)105-111-97-95(85-59-57-81(119-85)67-75(19-9)51-27-17-7)104-98(96(103(97)129-105)86-60-58-82(120-86)68-76(20-10)52-28-18-8)112-106(130-104)92-72-80(56-48-42-38-32-24-14-4)102(126-92)90-64-62-88(124-90)100-78(54-46-40-36-30-22-12-2)70-84(122-100)74-94-108(116)114(110(118)128-94)66-50-44-34-26-16-6/h57-64,69-76H,11-56,65-68H2,1-10H3/b93-73-,94-74-. The highest BCUT2D eigenvalue weighted by Crippen LogP contribution is 2.56.